The van der Waals surface area contributed by atoms with Crippen LogP contribution in [0.4, 0.5) is 5.69 Å². The van der Waals surface area contributed by atoms with Gasteiger partial charge < -0.3 is 19.8 Å². The van der Waals surface area contributed by atoms with Gasteiger partial charge >= 0.3 is 7.48 Å². The first-order chi connectivity index (χ1) is 12.5. The summed E-state index contributed by atoms with van der Waals surface area (Å²) in [6.07, 6.45) is 0. The van der Waals surface area contributed by atoms with Crippen LogP contribution in [0, 0.1) is 6.92 Å². The number of nitrogens with one attached hydrogen (secondary N) is 1. The molecule has 2 N–H and O–H groups in total. The smallest absolute Gasteiger partial charge is 0.309 e. The van der Waals surface area contributed by atoms with Gasteiger partial charge in [0.05, 0.1) is 18.3 Å². The van der Waals surface area contributed by atoms with Crippen molar-refractivity contribution in [2.75, 3.05) is 12.4 Å². The topological polar surface area (TPSA) is 67.8 Å². The molecule has 2 rings (SSSR count). The number of amides is 1. The first-order valence-electron chi connectivity index (χ1n) is 8.95. The molecule has 0 bridgehead atoms. The maximum absolute atomic E-state index is 12.5. The summed E-state index contributed by atoms with van der Waals surface area (Å²) in [6, 6.07) is 12.7. The van der Waals surface area contributed by atoms with Gasteiger partial charge in [0.2, 0.25) is 0 Å². The number of rotatable bonds is 7. The summed E-state index contributed by atoms with van der Waals surface area (Å²) in [5, 5.41) is 13.2. The minimum Gasteiger partial charge on any atom is -0.497 e. The second-order valence-corrected chi connectivity index (χ2v) is 7.63. The molecule has 0 aliphatic heterocycles. The minimum absolute atomic E-state index is 0.185. The van der Waals surface area contributed by atoms with Crippen LogP contribution in [0.1, 0.15) is 43.6 Å². The zero-order chi connectivity index (χ0) is 20.2. The summed E-state index contributed by atoms with van der Waals surface area (Å²) in [5.41, 5.74) is 1.51. The van der Waals surface area contributed by atoms with E-state index >= 15 is 0 Å². The molecule has 0 heterocycles. The van der Waals surface area contributed by atoms with Crippen LogP contribution < -0.4 is 15.5 Å². The Morgan fingerprint density at radius 1 is 1.07 bits per heavy atom. The molecule has 144 valence electrons. The SMILES string of the molecule is COc1ccc(C(=O)Nc2cccc(BOC(C)(C)C(C)(C)O)c2C)cc1. The van der Waals surface area contributed by atoms with Crippen LogP contribution in [0.5, 0.6) is 5.75 Å². The highest BCUT2D eigenvalue weighted by Gasteiger charge is 2.35. The Hall–Kier alpha value is -2.31. The van der Waals surface area contributed by atoms with Crippen LogP contribution in [0.15, 0.2) is 42.5 Å². The van der Waals surface area contributed by atoms with E-state index in [1.807, 2.05) is 39.0 Å². The molecule has 0 radical (unpaired) electrons. The van der Waals surface area contributed by atoms with Crippen molar-refractivity contribution in [3.8, 4) is 5.75 Å². The van der Waals surface area contributed by atoms with Gasteiger partial charge in [-0.3, -0.25) is 4.79 Å². The number of benzene rings is 2. The number of hydrogen-bond acceptors (Lipinski definition) is 4. The molecule has 0 aromatic heterocycles. The van der Waals surface area contributed by atoms with Crippen molar-refractivity contribution in [1.29, 1.82) is 0 Å². The third-order valence-corrected chi connectivity index (χ3v) is 5.11. The molecule has 1 amide bonds. The van der Waals surface area contributed by atoms with Crippen molar-refractivity contribution in [2.45, 2.75) is 45.8 Å². The molecule has 5 nitrogen and oxygen atoms in total. The van der Waals surface area contributed by atoms with Crippen molar-refractivity contribution in [3.05, 3.63) is 53.6 Å². The Balaban J connectivity index is 2.12. The summed E-state index contributed by atoms with van der Waals surface area (Å²) in [5.74, 6) is 0.520. The maximum Gasteiger partial charge on any atom is 0.309 e. The van der Waals surface area contributed by atoms with E-state index < -0.39 is 11.2 Å². The Labute approximate surface area is 162 Å². The van der Waals surface area contributed by atoms with Crippen molar-refractivity contribution >= 4 is 24.5 Å². The summed E-state index contributed by atoms with van der Waals surface area (Å²) in [4.78, 5) is 12.5. The monoisotopic (exact) mass is 369 g/mol. The number of carbonyl (C=O) groups is 1. The number of anilines is 1. The highest BCUT2D eigenvalue weighted by Crippen LogP contribution is 2.24. The van der Waals surface area contributed by atoms with E-state index in [1.165, 1.54) is 0 Å². The number of hydrogen-bond donors (Lipinski definition) is 2. The summed E-state index contributed by atoms with van der Waals surface area (Å²) < 4.78 is 11.1. The summed E-state index contributed by atoms with van der Waals surface area (Å²) in [7, 11) is 1.93. The van der Waals surface area contributed by atoms with Gasteiger partial charge in [-0.2, -0.15) is 0 Å². The maximum atomic E-state index is 12.5. The molecule has 0 saturated carbocycles. The van der Waals surface area contributed by atoms with Crippen LogP contribution in [-0.4, -0.2) is 36.8 Å². The average Bonchev–Trinajstić information content (AvgIpc) is 2.61. The van der Waals surface area contributed by atoms with Crippen molar-refractivity contribution in [2.24, 2.45) is 0 Å². The van der Waals surface area contributed by atoms with E-state index in [4.69, 9.17) is 9.39 Å². The van der Waals surface area contributed by atoms with Crippen molar-refractivity contribution < 1.29 is 19.3 Å². The van der Waals surface area contributed by atoms with E-state index in [0.29, 0.717) is 18.8 Å². The molecule has 2 aromatic carbocycles. The van der Waals surface area contributed by atoms with Gasteiger partial charge in [0.25, 0.3) is 5.91 Å². The lowest BCUT2D eigenvalue weighted by Crippen LogP contribution is -2.49. The van der Waals surface area contributed by atoms with Gasteiger partial charge in [0, 0.05) is 11.3 Å². The Kier molecular flexibility index (Phi) is 6.34. The molecule has 0 unspecified atom stereocenters. The molecule has 0 atom stereocenters. The molecular formula is C21H28BNO4. The van der Waals surface area contributed by atoms with Crippen LogP contribution in [0.25, 0.3) is 0 Å². The zero-order valence-corrected chi connectivity index (χ0v) is 16.9. The number of aliphatic hydroxyl groups is 1. The highest BCUT2D eigenvalue weighted by atomic mass is 16.5. The van der Waals surface area contributed by atoms with E-state index in [2.05, 4.69) is 5.32 Å². The molecule has 0 spiro atoms. The fourth-order valence-corrected chi connectivity index (χ4v) is 2.35. The van der Waals surface area contributed by atoms with Gasteiger partial charge in [-0.15, -0.1) is 0 Å². The van der Waals surface area contributed by atoms with Gasteiger partial charge in [0.1, 0.15) is 5.75 Å². The van der Waals surface area contributed by atoms with E-state index in [1.54, 1.807) is 45.2 Å². The van der Waals surface area contributed by atoms with Crippen LogP contribution in [0.3, 0.4) is 0 Å². The van der Waals surface area contributed by atoms with Gasteiger partial charge in [-0.05, 0) is 76.0 Å². The van der Waals surface area contributed by atoms with Crippen LogP contribution in [0.2, 0.25) is 0 Å². The number of ether oxygens (including phenoxy) is 1. The lowest BCUT2D eigenvalue weighted by Gasteiger charge is -2.37. The molecule has 0 aliphatic rings. The summed E-state index contributed by atoms with van der Waals surface area (Å²) in [6.45, 7) is 9.12. The molecule has 0 fully saturated rings. The standard InChI is InChI=1S/C21H28BNO4/c1-14-17(22-27-21(4,5)20(2,3)25)8-7-9-18(14)23-19(24)15-10-12-16(26-6)13-11-15/h7-13,22,25H,1-6H3,(H,23,24). The van der Waals surface area contributed by atoms with Crippen molar-refractivity contribution in [1.82, 2.24) is 0 Å². The van der Waals surface area contributed by atoms with E-state index in [-0.39, 0.29) is 5.91 Å². The molecule has 0 saturated heterocycles. The number of methoxy groups -OCH3 is 1. The molecule has 6 heteroatoms. The number of carbonyl (C=O) groups excluding carboxylic acids is 1. The van der Waals surface area contributed by atoms with Gasteiger partial charge in [-0.1, -0.05) is 12.1 Å². The molecular weight excluding hydrogens is 341 g/mol. The fourth-order valence-electron chi connectivity index (χ4n) is 2.35. The van der Waals surface area contributed by atoms with Gasteiger partial charge in [-0.25, -0.2) is 0 Å². The lowest BCUT2D eigenvalue weighted by atomic mass is 9.80. The molecule has 27 heavy (non-hydrogen) atoms. The first kappa shape index (κ1) is 21.0. The fraction of sp³-hybridized carbons (Fsp3) is 0.381. The quantitative estimate of drug-likeness (QED) is 0.737. The first-order valence-corrected chi connectivity index (χ1v) is 8.95. The molecule has 2 aromatic rings. The van der Waals surface area contributed by atoms with E-state index in [0.717, 1.165) is 16.7 Å². The normalized spacial score (nSPS) is 11.8. The van der Waals surface area contributed by atoms with Crippen LogP contribution >= 0.6 is 0 Å². The van der Waals surface area contributed by atoms with Crippen LogP contribution in [-0.2, 0) is 4.65 Å². The lowest BCUT2D eigenvalue weighted by molar-refractivity contribution is -0.0893. The van der Waals surface area contributed by atoms with Gasteiger partial charge in [0.15, 0.2) is 0 Å². The van der Waals surface area contributed by atoms with E-state index in [9.17, 15) is 9.90 Å². The predicted octanol–water partition coefficient (Wildman–Crippen LogP) is 2.80. The summed E-state index contributed by atoms with van der Waals surface area (Å²) >= 11 is 0. The Morgan fingerprint density at radius 3 is 2.26 bits per heavy atom. The largest absolute Gasteiger partial charge is 0.497 e. The highest BCUT2D eigenvalue weighted by molar-refractivity contribution is 6.48. The second kappa shape index (κ2) is 8.15. The Morgan fingerprint density at radius 2 is 1.70 bits per heavy atom. The third-order valence-electron chi connectivity index (χ3n) is 5.11. The zero-order valence-electron chi connectivity index (χ0n) is 16.9. The van der Waals surface area contributed by atoms with Crippen molar-refractivity contribution in [3.63, 3.8) is 0 Å². The second-order valence-electron chi connectivity index (χ2n) is 7.63. The average molecular weight is 369 g/mol. The predicted molar refractivity (Wildman–Crippen MR) is 110 cm³/mol. The Bertz CT molecular complexity index is 795. The molecule has 0 aliphatic carbocycles. The third kappa shape index (κ3) is 5.11. The minimum atomic E-state index is -0.971.